The first-order valence-corrected chi connectivity index (χ1v) is 4.14. The Morgan fingerprint density at radius 3 is 1.23 bits per heavy atom. The number of hydrogen-bond donors (Lipinski definition) is 0. The average molecular weight is 342 g/mol. The normalized spacial score (nSPS) is 17.3. The topological polar surface area (TPSA) is 0 Å². The maximum Gasteiger partial charge on any atom is 0.422 e. The van der Waals surface area contributed by atoms with E-state index in [1.165, 1.54) is 0 Å². The predicted molar refractivity (Wildman–Crippen MR) is 37.6 cm³/mol. The molecule has 0 radical (unpaired) electrons. The van der Waals surface area contributed by atoms with Crippen molar-refractivity contribution in [2.24, 2.45) is 0 Å². The summed E-state index contributed by atoms with van der Waals surface area (Å²) < 4.78 is 78.4. The SMILES string of the molecule is FC(C(F)(F)F)C(Br)(Br)C(F)(F)F. The quantitative estimate of drug-likeness (QED) is 0.500. The first-order valence-electron chi connectivity index (χ1n) is 2.56. The summed E-state index contributed by atoms with van der Waals surface area (Å²) in [5, 5.41) is 0. The monoisotopic (exact) mass is 340 g/mol. The van der Waals surface area contributed by atoms with Crippen LogP contribution in [-0.2, 0) is 0 Å². The molecule has 13 heavy (non-hydrogen) atoms. The Bertz CT molecular complexity index is 180. The summed E-state index contributed by atoms with van der Waals surface area (Å²) in [5.41, 5.74) is 0. The van der Waals surface area contributed by atoms with Crippen LogP contribution in [0.2, 0.25) is 0 Å². The lowest BCUT2D eigenvalue weighted by molar-refractivity contribution is -0.221. The molecule has 0 aliphatic heterocycles. The summed E-state index contributed by atoms with van der Waals surface area (Å²) >= 11 is 3.20. The van der Waals surface area contributed by atoms with Gasteiger partial charge in [0.15, 0.2) is 0 Å². The molecule has 0 aromatic carbocycles. The molecule has 0 aliphatic rings. The lowest BCUT2D eigenvalue weighted by atomic mass is 10.2. The first-order chi connectivity index (χ1) is 5.40. The van der Waals surface area contributed by atoms with Crippen LogP contribution in [0.3, 0.4) is 0 Å². The smallest absolute Gasteiger partial charge is 0.235 e. The van der Waals surface area contributed by atoms with Crippen molar-refractivity contribution < 1.29 is 30.7 Å². The van der Waals surface area contributed by atoms with Crippen molar-refractivity contribution >= 4 is 31.9 Å². The van der Waals surface area contributed by atoms with Crippen LogP contribution in [0.5, 0.6) is 0 Å². The summed E-state index contributed by atoms with van der Waals surface area (Å²) in [7, 11) is 0. The molecule has 0 spiro atoms. The molecule has 0 N–H and O–H groups in total. The van der Waals surface area contributed by atoms with E-state index >= 15 is 0 Å². The van der Waals surface area contributed by atoms with Gasteiger partial charge in [-0.05, 0) is 0 Å². The summed E-state index contributed by atoms with van der Waals surface area (Å²) in [6, 6.07) is 0. The van der Waals surface area contributed by atoms with Gasteiger partial charge in [-0.15, -0.1) is 0 Å². The van der Waals surface area contributed by atoms with Gasteiger partial charge in [0.25, 0.3) is 0 Å². The van der Waals surface area contributed by atoms with Crippen LogP contribution in [0.15, 0.2) is 0 Å². The molecule has 0 aromatic heterocycles. The van der Waals surface area contributed by atoms with E-state index in [9.17, 15) is 30.7 Å². The molecule has 0 bridgehead atoms. The Kier molecular flexibility index (Phi) is 3.69. The fourth-order valence-electron chi connectivity index (χ4n) is 0.349. The van der Waals surface area contributed by atoms with E-state index < -0.39 is 21.8 Å². The first kappa shape index (κ1) is 13.5. The fourth-order valence-corrected chi connectivity index (χ4v) is 0.868. The van der Waals surface area contributed by atoms with Gasteiger partial charge < -0.3 is 0 Å². The zero-order valence-corrected chi connectivity index (χ0v) is 8.65. The summed E-state index contributed by atoms with van der Waals surface area (Å²) in [4.78, 5) is 0. The molecule has 0 aromatic rings. The molecule has 0 saturated heterocycles. The minimum atomic E-state index is -5.58. The molecule has 0 amide bonds. The third kappa shape index (κ3) is 2.97. The van der Waals surface area contributed by atoms with Crippen molar-refractivity contribution in [2.75, 3.05) is 0 Å². The lowest BCUT2D eigenvalue weighted by Gasteiger charge is -2.28. The van der Waals surface area contributed by atoms with Gasteiger partial charge in [-0.1, -0.05) is 31.9 Å². The van der Waals surface area contributed by atoms with Crippen molar-refractivity contribution in [3.8, 4) is 0 Å². The average Bonchev–Trinajstić information content (AvgIpc) is 1.81. The molecule has 1 atom stereocenters. The molecule has 0 nitrogen and oxygen atoms in total. The van der Waals surface area contributed by atoms with E-state index in [1.807, 2.05) is 0 Å². The van der Waals surface area contributed by atoms with Crippen LogP contribution in [0.4, 0.5) is 30.7 Å². The molecule has 0 heterocycles. The number of hydrogen-bond acceptors (Lipinski definition) is 0. The molecule has 80 valence electrons. The molecule has 0 fully saturated rings. The zero-order valence-electron chi connectivity index (χ0n) is 5.48. The van der Waals surface area contributed by atoms with Crippen molar-refractivity contribution in [1.82, 2.24) is 0 Å². The Balaban J connectivity index is 4.86. The van der Waals surface area contributed by atoms with Crippen molar-refractivity contribution in [2.45, 2.75) is 21.8 Å². The van der Waals surface area contributed by atoms with Gasteiger partial charge in [-0.3, -0.25) is 0 Å². The number of rotatable bonds is 1. The summed E-state index contributed by atoms with van der Waals surface area (Å²) in [5.74, 6) is 0. The van der Waals surface area contributed by atoms with Gasteiger partial charge >= 0.3 is 12.4 Å². The van der Waals surface area contributed by atoms with Gasteiger partial charge in [0.2, 0.25) is 9.41 Å². The second-order valence-corrected chi connectivity index (χ2v) is 5.59. The fraction of sp³-hybridized carbons (Fsp3) is 1.00. The van der Waals surface area contributed by atoms with Gasteiger partial charge in [0, 0.05) is 0 Å². The van der Waals surface area contributed by atoms with Gasteiger partial charge in [-0.25, -0.2) is 4.39 Å². The van der Waals surface area contributed by atoms with Gasteiger partial charge in [-0.2, -0.15) is 26.3 Å². The Labute approximate surface area is 84.7 Å². The van der Waals surface area contributed by atoms with E-state index in [2.05, 4.69) is 0 Å². The number of alkyl halides is 9. The van der Waals surface area contributed by atoms with Crippen molar-refractivity contribution in [3.05, 3.63) is 0 Å². The van der Waals surface area contributed by atoms with Gasteiger partial charge in [0.1, 0.15) is 0 Å². The van der Waals surface area contributed by atoms with Crippen LogP contribution >= 0.6 is 31.9 Å². The van der Waals surface area contributed by atoms with Crippen LogP contribution in [0.1, 0.15) is 0 Å². The van der Waals surface area contributed by atoms with Crippen LogP contribution in [0, 0.1) is 0 Å². The standard InChI is InChI=1S/C4HBr2F7/c5-2(6,4(11,12)13)1(7)3(8,9)10/h1H. The molecule has 0 rings (SSSR count). The lowest BCUT2D eigenvalue weighted by Crippen LogP contribution is -2.48. The highest BCUT2D eigenvalue weighted by atomic mass is 79.9. The second kappa shape index (κ2) is 3.56. The van der Waals surface area contributed by atoms with Crippen molar-refractivity contribution in [3.63, 3.8) is 0 Å². The largest absolute Gasteiger partial charge is 0.422 e. The highest BCUT2D eigenvalue weighted by Crippen LogP contribution is 2.51. The third-order valence-corrected chi connectivity index (χ3v) is 2.69. The minimum absolute atomic E-state index is 1.60. The third-order valence-electron chi connectivity index (χ3n) is 0.984. The maximum absolute atomic E-state index is 12.2. The molecular formula is C4HBr2F7. The minimum Gasteiger partial charge on any atom is -0.235 e. The van der Waals surface area contributed by atoms with E-state index in [-0.39, 0.29) is 0 Å². The van der Waals surface area contributed by atoms with Gasteiger partial charge in [0.05, 0.1) is 0 Å². The van der Waals surface area contributed by atoms with Crippen LogP contribution in [-0.4, -0.2) is 21.8 Å². The predicted octanol–water partition coefficient (Wildman–Crippen LogP) is 3.94. The Morgan fingerprint density at radius 1 is 0.846 bits per heavy atom. The number of halogens is 9. The Hall–Kier alpha value is 0.470. The zero-order chi connectivity index (χ0) is 11.1. The van der Waals surface area contributed by atoms with E-state index in [0.29, 0.717) is 0 Å². The maximum atomic E-state index is 12.2. The summed E-state index contributed by atoms with van der Waals surface area (Å²) in [6.45, 7) is 0. The molecular weight excluding hydrogens is 341 g/mol. The summed E-state index contributed by atoms with van der Waals surface area (Å²) in [6.07, 6.45) is -15.0. The van der Waals surface area contributed by atoms with E-state index in [0.717, 1.165) is 0 Å². The molecule has 1 unspecified atom stereocenters. The molecule has 0 aliphatic carbocycles. The Morgan fingerprint density at radius 2 is 1.15 bits per heavy atom. The van der Waals surface area contributed by atoms with E-state index in [4.69, 9.17) is 0 Å². The highest BCUT2D eigenvalue weighted by Gasteiger charge is 2.65. The highest BCUT2D eigenvalue weighted by molar-refractivity contribution is 9.25. The molecule has 0 saturated carbocycles. The van der Waals surface area contributed by atoms with Crippen LogP contribution in [0.25, 0.3) is 0 Å². The van der Waals surface area contributed by atoms with Crippen molar-refractivity contribution in [1.29, 1.82) is 0 Å². The van der Waals surface area contributed by atoms with E-state index in [1.54, 1.807) is 31.9 Å². The molecule has 9 heteroatoms. The second-order valence-electron chi connectivity index (χ2n) is 2.02. The van der Waals surface area contributed by atoms with Crippen LogP contribution < -0.4 is 0 Å².